The van der Waals surface area contributed by atoms with Crippen molar-refractivity contribution in [1.82, 2.24) is 4.57 Å². The van der Waals surface area contributed by atoms with Crippen LogP contribution in [0.15, 0.2) is 54.6 Å². The highest BCUT2D eigenvalue weighted by Gasteiger charge is 2.30. The Labute approximate surface area is 159 Å². The van der Waals surface area contributed by atoms with Gasteiger partial charge in [-0.25, -0.2) is 0 Å². The van der Waals surface area contributed by atoms with Gasteiger partial charge in [-0.05, 0) is 67.6 Å². The maximum atomic E-state index is 13.8. The second kappa shape index (κ2) is 5.82. The standard InChI is InChI=1S/C25H23NO/c1-15-14-22(20-9-5-4-8-19(20)16(15)2)25(27)24-17(3)26(18-12-13-18)23-11-7-6-10-21(23)24/h4-11,14,18H,12-13H2,1-3H3. The molecule has 0 aliphatic heterocycles. The average molecular weight is 353 g/mol. The largest absolute Gasteiger partial charge is 0.341 e. The van der Waals surface area contributed by atoms with Gasteiger partial charge >= 0.3 is 0 Å². The van der Waals surface area contributed by atoms with E-state index in [1.54, 1.807) is 0 Å². The van der Waals surface area contributed by atoms with Gasteiger partial charge in [-0.3, -0.25) is 4.79 Å². The number of nitrogens with zero attached hydrogens (tertiary/aromatic N) is 1. The molecule has 4 aromatic rings. The zero-order valence-corrected chi connectivity index (χ0v) is 16.0. The summed E-state index contributed by atoms with van der Waals surface area (Å²) in [6.07, 6.45) is 2.42. The Morgan fingerprint density at radius 3 is 2.22 bits per heavy atom. The van der Waals surface area contributed by atoms with Crippen LogP contribution >= 0.6 is 0 Å². The van der Waals surface area contributed by atoms with Crippen LogP contribution in [-0.2, 0) is 0 Å². The van der Waals surface area contributed by atoms with Gasteiger partial charge in [-0.1, -0.05) is 42.5 Å². The first-order valence-electron chi connectivity index (χ1n) is 9.71. The fourth-order valence-corrected chi connectivity index (χ4v) is 4.46. The Morgan fingerprint density at radius 2 is 1.52 bits per heavy atom. The summed E-state index contributed by atoms with van der Waals surface area (Å²) in [6, 6.07) is 19.2. The highest BCUT2D eigenvalue weighted by molar-refractivity contribution is 6.22. The highest BCUT2D eigenvalue weighted by Crippen LogP contribution is 2.42. The van der Waals surface area contributed by atoms with Gasteiger partial charge < -0.3 is 4.57 Å². The molecule has 0 atom stereocenters. The zero-order chi connectivity index (χ0) is 18.7. The van der Waals surface area contributed by atoms with Crippen LogP contribution in [0, 0.1) is 20.8 Å². The first-order valence-corrected chi connectivity index (χ1v) is 9.71. The fourth-order valence-electron chi connectivity index (χ4n) is 4.46. The molecule has 1 aromatic heterocycles. The van der Waals surface area contributed by atoms with E-state index in [9.17, 15) is 4.79 Å². The predicted octanol–water partition coefficient (Wildman–Crippen LogP) is 6.29. The van der Waals surface area contributed by atoms with Crippen LogP contribution in [0.5, 0.6) is 0 Å². The third-order valence-corrected chi connectivity index (χ3v) is 6.11. The fraction of sp³-hybridized carbons (Fsp3) is 0.240. The van der Waals surface area contributed by atoms with Crippen LogP contribution < -0.4 is 0 Å². The van der Waals surface area contributed by atoms with E-state index < -0.39 is 0 Å². The van der Waals surface area contributed by atoms with Crippen LogP contribution in [-0.4, -0.2) is 10.4 Å². The van der Waals surface area contributed by atoms with Gasteiger partial charge in [0.25, 0.3) is 0 Å². The van der Waals surface area contributed by atoms with Crippen molar-refractivity contribution in [2.75, 3.05) is 0 Å². The Kier molecular flexibility index (Phi) is 3.51. The number of hydrogen-bond donors (Lipinski definition) is 0. The van der Waals surface area contributed by atoms with Crippen molar-refractivity contribution in [1.29, 1.82) is 0 Å². The van der Waals surface area contributed by atoms with E-state index in [1.165, 1.54) is 34.9 Å². The van der Waals surface area contributed by atoms with E-state index >= 15 is 0 Å². The number of fused-ring (bicyclic) bond motifs is 2. The lowest BCUT2D eigenvalue weighted by atomic mass is 9.91. The van der Waals surface area contributed by atoms with Gasteiger partial charge in [-0.2, -0.15) is 0 Å². The lowest BCUT2D eigenvalue weighted by Gasteiger charge is -2.12. The number of para-hydroxylation sites is 1. The number of benzene rings is 3. The Hall–Kier alpha value is -2.87. The summed E-state index contributed by atoms with van der Waals surface area (Å²) in [4.78, 5) is 13.8. The van der Waals surface area contributed by atoms with Crippen LogP contribution in [0.3, 0.4) is 0 Å². The Balaban J connectivity index is 1.81. The molecule has 1 fully saturated rings. The minimum atomic E-state index is 0.141. The quantitative estimate of drug-likeness (QED) is 0.397. The normalized spacial score (nSPS) is 14.2. The molecular formula is C25H23NO. The number of hydrogen-bond acceptors (Lipinski definition) is 1. The summed E-state index contributed by atoms with van der Waals surface area (Å²) in [5, 5.41) is 3.30. The van der Waals surface area contributed by atoms with Crippen LogP contribution in [0.2, 0.25) is 0 Å². The first-order chi connectivity index (χ1) is 13.1. The maximum absolute atomic E-state index is 13.8. The smallest absolute Gasteiger partial charge is 0.196 e. The monoisotopic (exact) mass is 353 g/mol. The van der Waals surface area contributed by atoms with Crippen molar-refractivity contribution < 1.29 is 4.79 Å². The lowest BCUT2D eigenvalue weighted by Crippen LogP contribution is -2.06. The van der Waals surface area contributed by atoms with Crippen molar-refractivity contribution in [3.63, 3.8) is 0 Å². The lowest BCUT2D eigenvalue weighted by molar-refractivity contribution is 0.104. The molecule has 1 aliphatic rings. The molecule has 3 aromatic carbocycles. The second-order valence-electron chi connectivity index (χ2n) is 7.82. The van der Waals surface area contributed by atoms with E-state index in [4.69, 9.17) is 0 Å². The van der Waals surface area contributed by atoms with E-state index in [1.807, 2.05) is 18.2 Å². The molecule has 2 heteroatoms. The molecule has 134 valence electrons. The molecule has 27 heavy (non-hydrogen) atoms. The van der Waals surface area contributed by atoms with Crippen LogP contribution in [0.1, 0.15) is 51.6 Å². The molecule has 0 saturated heterocycles. The molecule has 2 nitrogen and oxygen atoms in total. The van der Waals surface area contributed by atoms with E-state index in [0.717, 1.165) is 27.6 Å². The predicted molar refractivity (Wildman–Crippen MR) is 112 cm³/mol. The summed E-state index contributed by atoms with van der Waals surface area (Å²) in [7, 11) is 0. The van der Waals surface area contributed by atoms with Crippen molar-refractivity contribution in [3.05, 3.63) is 82.5 Å². The molecule has 0 radical (unpaired) electrons. The molecule has 1 saturated carbocycles. The van der Waals surface area contributed by atoms with Crippen LogP contribution in [0.4, 0.5) is 0 Å². The van der Waals surface area contributed by atoms with Gasteiger partial charge in [-0.15, -0.1) is 0 Å². The number of rotatable bonds is 3. The van der Waals surface area contributed by atoms with E-state index in [2.05, 4.69) is 61.7 Å². The Morgan fingerprint density at radius 1 is 0.889 bits per heavy atom. The van der Waals surface area contributed by atoms with Crippen molar-refractivity contribution in [2.45, 2.75) is 39.7 Å². The number of aromatic nitrogens is 1. The van der Waals surface area contributed by atoms with Gasteiger partial charge in [0.1, 0.15) is 0 Å². The molecule has 0 spiro atoms. The molecule has 1 aliphatic carbocycles. The minimum absolute atomic E-state index is 0.141. The summed E-state index contributed by atoms with van der Waals surface area (Å²) >= 11 is 0. The van der Waals surface area contributed by atoms with Crippen molar-refractivity contribution in [2.24, 2.45) is 0 Å². The van der Waals surface area contributed by atoms with Gasteiger partial charge in [0.05, 0.1) is 5.56 Å². The molecule has 0 bridgehead atoms. The molecule has 0 amide bonds. The third-order valence-electron chi connectivity index (χ3n) is 6.11. The topological polar surface area (TPSA) is 22.0 Å². The first kappa shape index (κ1) is 16.3. The summed E-state index contributed by atoms with van der Waals surface area (Å²) in [6.45, 7) is 6.34. The molecule has 5 rings (SSSR count). The Bertz CT molecular complexity index is 1220. The van der Waals surface area contributed by atoms with E-state index in [-0.39, 0.29) is 5.78 Å². The second-order valence-corrected chi connectivity index (χ2v) is 7.82. The van der Waals surface area contributed by atoms with Gasteiger partial charge in [0, 0.05) is 28.2 Å². The van der Waals surface area contributed by atoms with Crippen molar-refractivity contribution in [3.8, 4) is 0 Å². The maximum Gasteiger partial charge on any atom is 0.196 e. The summed E-state index contributed by atoms with van der Waals surface area (Å²) < 4.78 is 2.38. The van der Waals surface area contributed by atoms with Crippen molar-refractivity contribution >= 4 is 27.5 Å². The van der Waals surface area contributed by atoms with E-state index in [0.29, 0.717) is 6.04 Å². The number of carbonyl (C=O) groups excluding carboxylic acids is 1. The van der Waals surface area contributed by atoms with Gasteiger partial charge in [0.2, 0.25) is 0 Å². The number of carbonyl (C=O) groups is 1. The summed E-state index contributed by atoms with van der Waals surface area (Å²) in [5.41, 5.74) is 6.39. The SMILES string of the molecule is Cc1cc(C(=O)c2c(C)n(C3CC3)c3ccccc23)c2ccccc2c1C. The third kappa shape index (κ3) is 2.36. The molecule has 1 heterocycles. The molecule has 0 N–H and O–H groups in total. The highest BCUT2D eigenvalue weighted by atomic mass is 16.1. The molecule has 0 unspecified atom stereocenters. The minimum Gasteiger partial charge on any atom is -0.341 e. The average Bonchev–Trinajstić information content (AvgIpc) is 3.47. The van der Waals surface area contributed by atoms with Crippen LogP contribution in [0.25, 0.3) is 21.7 Å². The summed E-state index contributed by atoms with van der Waals surface area (Å²) in [5.74, 6) is 0.141. The molecular weight excluding hydrogens is 330 g/mol. The number of ketones is 1. The van der Waals surface area contributed by atoms with Gasteiger partial charge in [0.15, 0.2) is 5.78 Å². The number of aryl methyl sites for hydroxylation is 2. The zero-order valence-electron chi connectivity index (χ0n) is 16.0.